The summed E-state index contributed by atoms with van der Waals surface area (Å²) in [7, 11) is 0. The van der Waals surface area contributed by atoms with Crippen LogP contribution in [0.15, 0.2) is 42.6 Å². The van der Waals surface area contributed by atoms with Crippen molar-refractivity contribution >= 4 is 28.9 Å². The van der Waals surface area contributed by atoms with E-state index in [0.29, 0.717) is 19.4 Å². The van der Waals surface area contributed by atoms with Gasteiger partial charge < -0.3 is 9.47 Å². The summed E-state index contributed by atoms with van der Waals surface area (Å²) in [6.45, 7) is 7.68. The predicted octanol–water partition coefficient (Wildman–Crippen LogP) is 4.25. The second kappa shape index (κ2) is 10.2. The molecule has 0 spiro atoms. The van der Waals surface area contributed by atoms with E-state index in [1.54, 1.807) is 27.0 Å². The maximum Gasteiger partial charge on any atom is 0.308 e. The lowest BCUT2D eigenvalue weighted by atomic mass is 9.99. The number of carbonyl (C=O) groups excluding carboxylic acids is 3. The van der Waals surface area contributed by atoms with Crippen molar-refractivity contribution in [2.45, 2.75) is 51.4 Å². The highest BCUT2D eigenvalue weighted by Gasteiger charge is 2.43. The lowest BCUT2D eigenvalue weighted by Gasteiger charge is -2.18. The second-order valence-electron chi connectivity index (χ2n) is 8.31. The number of carbonyl (C=O) groups is 3. The standard InChI is InChI=1S/C24H28N2O5S/c1-15(2)21(27)31-16(3)18-7-8-19(25-14-18)11-12-30-20-9-5-17(6-10-20)13-24(4)22(28)26-23(29)32-24/h5-10,14-16H,11-13H2,1-4H3,(H,26,28,29)/t16-,24?/m1/s1. The van der Waals surface area contributed by atoms with Gasteiger partial charge in [-0.1, -0.05) is 32.0 Å². The first-order valence-corrected chi connectivity index (χ1v) is 11.4. The van der Waals surface area contributed by atoms with Gasteiger partial charge in [-0.2, -0.15) is 0 Å². The van der Waals surface area contributed by atoms with Crippen molar-refractivity contribution in [3.05, 3.63) is 59.4 Å². The molecule has 1 unspecified atom stereocenters. The van der Waals surface area contributed by atoms with Gasteiger partial charge in [0, 0.05) is 23.9 Å². The molecular weight excluding hydrogens is 428 g/mol. The molecule has 0 aliphatic carbocycles. The Hall–Kier alpha value is -2.87. The molecule has 1 saturated heterocycles. The van der Waals surface area contributed by atoms with E-state index in [1.807, 2.05) is 43.3 Å². The van der Waals surface area contributed by atoms with Crippen LogP contribution in [0, 0.1) is 5.92 Å². The average molecular weight is 457 g/mol. The molecule has 1 N–H and O–H groups in total. The fraction of sp³-hybridized carbons (Fsp3) is 0.417. The number of ether oxygens (including phenoxy) is 2. The molecule has 1 aliphatic heterocycles. The first-order valence-electron chi connectivity index (χ1n) is 10.6. The molecular formula is C24H28N2O5S. The largest absolute Gasteiger partial charge is 0.493 e. The normalized spacial score (nSPS) is 19.0. The molecule has 7 nitrogen and oxygen atoms in total. The van der Waals surface area contributed by atoms with Crippen LogP contribution in [0.25, 0.3) is 0 Å². The summed E-state index contributed by atoms with van der Waals surface area (Å²) >= 11 is 1.03. The molecule has 2 heterocycles. The van der Waals surface area contributed by atoms with Gasteiger partial charge in [0.15, 0.2) is 0 Å². The monoisotopic (exact) mass is 456 g/mol. The fourth-order valence-corrected chi connectivity index (χ4v) is 4.12. The van der Waals surface area contributed by atoms with Gasteiger partial charge >= 0.3 is 5.97 Å². The highest BCUT2D eigenvalue weighted by molar-refractivity contribution is 8.16. The smallest absolute Gasteiger partial charge is 0.308 e. The molecule has 2 aromatic rings. The number of aromatic nitrogens is 1. The van der Waals surface area contributed by atoms with E-state index in [2.05, 4.69) is 10.3 Å². The molecule has 0 radical (unpaired) electrons. The van der Waals surface area contributed by atoms with E-state index in [-0.39, 0.29) is 29.1 Å². The Morgan fingerprint density at radius 1 is 1.12 bits per heavy atom. The van der Waals surface area contributed by atoms with Crippen molar-refractivity contribution in [2.24, 2.45) is 5.92 Å². The molecule has 3 rings (SSSR count). The highest BCUT2D eigenvalue weighted by Crippen LogP contribution is 2.34. The van der Waals surface area contributed by atoms with E-state index in [4.69, 9.17) is 9.47 Å². The number of amides is 2. The number of thioether (sulfide) groups is 1. The van der Waals surface area contributed by atoms with Crippen LogP contribution < -0.4 is 10.1 Å². The van der Waals surface area contributed by atoms with Crippen molar-refractivity contribution in [1.82, 2.24) is 10.3 Å². The average Bonchev–Trinajstić information content (AvgIpc) is 3.00. The third-order valence-electron chi connectivity index (χ3n) is 5.19. The summed E-state index contributed by atoms with van der Waals surface area (Å²) in [5.41, 5.74) is 2.69. The third-order valence-corrected chi connectivity index (χ3v) is 6.25. The number of hydrogen-bond acceptors (Lipinski definition) is 7. The number of esters is 1. The van der Waals surface area contributed by atoms with Gasteiger partial charge in [-0.25, -0.2) is 0 Å². The van der Waals surface area contributed by atoms with Crippen LogP contribution in [-0.4, -0.2) is 33.5 Å². The number of benzene rings is 1. The Bertz CT molecular complexity index is 975. The summed E-state index contributed by atoms with van der Waals surface area (Å²) in [5.74, 6) is 0.0845. The number of nitrogens with zero attached hydrogens (tertiary/aromatic N) is 1. The van der Waals surface area contributed by atoms with Crippen molar-refractivity contribution in [2.75, 3.05) is 6.61 Å². The van der Waals surface area contributed by atoms with Gasteiger partial charge in [0.05, 0.1) is 12.5 Å². The maximum absolute atomic E-state index is 12.0. The zero-order valence-corrected chi connectivity index (χ0v) is 19.5. The molecule has 32 heavy (non-hydrogen) atoms. The SMILES string of the molecule is CC(C)C(=O)O[C@H](C)c1ccc(CCOc2ccc(CC3(C)SC(=O)NC3=O)cc2)nc1. The number of hydrogen-bond donors (Lipinski definition) is 1. The molecule has 1 fully saturated rings. The van der Waals surface area contributed by atoms with Crippen LogP contribution in [0.2, 0.25) is 0 Å². The van der Waals surface area contributed by atoms with E-state index in [9.17, 15) is 14.4 Å². The Balaban J connectivity index is 1.47. The van der Waals surface area contributed by atoms with E-state index in [1.165, 1.54) is 0 Å². The van der Waals surface area contributed by atoms with Gasteiger partial charge in [-0.05, 0) is 55.8 Å². The van der Waals surface area contributed by atoms with E-state index < -0.39 is 4.75 Å². The molecule has 1 aromatic heterocycles. The second-order valence-corrected chi connectivity index (χ2v) is 9.79. The van der Waals surface area contributed by atoms with Crippen LogP contribution in [0.1, 0.15) is 50.6 Å². The highest BCUT2D eigenvalue weighted by atomic mass is 32.2. The number of imide groups is 1. The molecule has 8 heteroatoms. The number of rotatable bonds is 9. The molecule has 2 atom stereocenters. The molecule has 0 bridgehead atoms. The van der Waals surface area contributed by atoms with Gasteiger partial charge in [0.1, 0.15) is 16.6 Å². The van der Waals surface area contributed by atoms with Crippen molar-refractivity contribution in [3.63, 3.8) is 0 Å². The lowest BCUT2D eigenvalue weighted by Crippen LogP contribution is -2.35. The van der Waals surface area contributed by atoms with Crippen LogP contribution in [0.3, 0.4) is 0 Å². The third kappa shape index (κ3) is 6.09. The minimum absolute atomic E-state index is 0.163. The van der Waals surface area contributed by atoms with E-state index >= 15 is 0 Å². The van der Waals surface area contributed by atoms with Gasteiger partial charge in [0.25, 0.3) is 5.24 Å². The molecule has 1 aromatic carbocycles. The maximum atomic E-state index is 12.0. The minimum Gasteiger partial charge on any atom is -0.493 e. The summed E-state index contributed by atoms with van der Waals surface area (Å²) in [5, 5.41) is 2.04. The van der Waals surface area contributed by atoms with Crippen LogP contribution >= 0.6 is 11.8 Å². The number of nitrogens with one attached hydrogen (secondary N) is 1. The van der Waals surface area contributed by atoms with Gasteiger partial charge in [-0.15, -0.1) is 0 Å². The quantitative estimate of drug-likeness (QED) is 0.564. The van der Waals surface area contributed by atoms with Crippen molar-refractivity contribution in [1.29, 1.82) is 0 Å². The predicted molar refractivity (Wildman–Crippen MR) is 122 cm³/mol. The van der Waals surface area contributed by atoms with Crippen LogP contribution in [0.5, 0.6) is 5.75 Å². The Kier molecular flexibility index (Phi) is 7.56. The van der Waals surface area contributed by atoms with Crippen molar-refractivity contribution in [3.8, 4) is 5.75 Å². The molecule has 2 amide bonds. The zero-order valence-electron chi connectivity index (χ0n) is 18.7. The van der Waals surface area contributed by atoms with E-state index in [0.717, 1.165) is 34.3 Å². The lowest BCUT2D eigenvalue weighted by molar-refractivity contribution is -0.152. The minimum atomic E-state index is -0.776. The number of pyridine rings is 1. The summed E-state index contributed by atoms with van der Waals surface area (Å²) < 4.78 is 10.4. The summed E-state index contributed by atoms with van der Waals surface area (Å²) in [4.78, 5) is 39.6. The van der Waals surface area contributed by atoms with Gasteiger partial charge in [-0.3, -0.25) is 24.7 Å². The molecule has 1 aliphatic rings. The molecule has 170 valence electrons. The molecule has 0 saturated carbocycles. The summed E-state index contributed by atoms with van der Waals surface area (Å²) in [6, 6.07) is 11.4. The fourth-order valence-electron chi connectivity index (χ4n) is 3.19. The first-order chi connectivity index (χ1) is 15.2. The Morgan fingerprint density at radius 2 is 1.84 bits per heavy atom. The Morgan fingerprint density at radius 3 is 2.41 bits per heavy atom. The van der Waals surface area contributed by atoms with Crippen LogP contribution in [0.4, 0.5) is 4.79 Å². The topological polar surface area (TPSA) is 94.6 Å². The first kappa shape index (κ1) is 23.8. The van der Waals surface area contributed by atoms with Gasteiger partial charge in [0.2, 0.25) is 5.91 Å². The zero-order chi connectivity index (χ0) is 23.3. The summed E-state index contributed by atoms with van der Waals surface area (Å²) in [6.07, 6.45) is 2.50. The van der Waals surface area contributed by atoms with Crippen LogP contribution in [-0.2, 0) is 27.2 Å². The Labute approximate surface area is 192 Å². The van der Waals surface area contributed by atoms with Crippen molar-refractivity contribution < 1.29 is 23.9 Å².